The lowest BCUT2D eigenvalue weighted by Crippen LogP contribution is -2.45. The van der Waals surface area contributed by atoms with Crippen LogP contribution in [0.2, 0.25) is 0 Å². The van der Waals surface area contributed by atoms with Crippen molar-refractivity contribution in [1.82, 2.24) is 9.62 Å². The molecular weight excluding hydrogens is 383 g/mol. The summed E-state index contributed by atoms with van der Waals surface area (Å²) in [6.45, 7) is 0.354. The lowest BCUT2D eigenvalue weighted by atomic mass is 9.97. The Morgan fingerprint density at radius 1 is 1.15 bits per heavy atom. The van der Waals surface area contributed by atoms with Crippen molar-refractivity contribution in [3.63, 3.8) is 0 Å². The molecule has 7 nitrogen and oxygen atoms in total. The topological polar surface area (TPSA) is 101 Å². The Balaban J connectivity index is 1.58. The average Bonchev–Trinajstić information content (AvgIpc) is 2.94. The fraction of sp³-hybridized carbons (Fsp3) is 0.438. The van der Waals surface area contributed by atoms with Gasteiger partial charge in [0.25, 0.3) is 0 Å². The molecule has 2 aliphatic heterocycles. The lowest BCUT2D eigenvalue weighted by molar-refractivity contribution is -0.126. The number of hydrogen-bond acceptors (Lipinski definition) is 5. The van der Waals surface area contributed by atoms with E-state index in [1.165, 1.54) is 22.5 Å². The summed E-state index contributed by atoms with van der Waals surface area (Å²) in [7, 11) is -6.96. The van der Waals surface area contributed by atoms with Gasteiger partial charge in [0.2, 0.25) is 15.9 Å². The highest BCUT2D eigenvalue weighted by molar-refractivity contribution is 7.94. The van der Waals surface area contributed by atoms with E-state index in [2.05, 4.69) is 5.32 Å². The number of sulfonamides is 1. The molecule has 1 atom stereocenters. The van der Waals surface area contributed by atoms with Crippen molar-refractivity contribution in [3.8, 4) is 0 Å². The largest absolute Gasteiger partial charge is 0.349 e. The van der Waals surface area contributed by atoms with E-state index in [1.54, 1.807) is 0 Å². The molecule has 0 spiro atoms. The van der Waals surface area contributed by atoms with Crippen LogP contribution in [-0.2, 0) is 24.7 Å². The maximum atomic E-state index is 13.0. The second-order valence-corrected chi connectivity index (χ2v) is 10.3. The molecule has 0 radical (unpaired) electrons. The molecule has 2 heterocycles. The minimum atomic E-state index is -3.72. The van der Waals surface area contributed by atoms with Gasteiger partial charge in [-0.05, 0) is 43.2 Å². The molecule has 0 bridgehead atoms. The molecule has 0 aromatic heterocycles. The molecule has 142 valence electrons. The van der Waals surface area contributed by atoms with Crippen LogP contribution < -0.4 is 5.32 Å². The lowest BCUT2D eigenvalue weighted by Gasteiger charge is -2.31. The van der Waals surface area contributed by atoms with E-state index in [1.807, 2.05) is 0 Å². The number of nitrogens with zero attached hydrogens (tertiary/aromatic N) is 1. The van der Waals surface area contributed by atoms with Gasteiger partial charge >= 0.3 is 0 Å². The van der Waals surface area contributed by atoms with Gasteiger partial charge in [-0.1, -0.05) is 0 Å². The summed E-state index contributed by atoms with van der Waals surface area (Å²) in [4.78, 5) is 12.3. The molecule has 1 aromatic rings. The first kappa shape index (κ1) is 19.0. The van der Waals surface area contributed by atoms with E-state index in [4.69, 9.17) is 0 Å². The standard InChI is InChI=1S/C16H19FN2O5S2/c17-13-1-3-15(4-2-13)26(23,24)19-8-5-12(6-9-19)16(20)18-14-7-10-25(21,22)11-14/h1-4,7,10,12,14H,5-6,8-9,11H2,(H,18,20)/t14-/m1/s1. The van der Waals surface area contributed by atoms with Crippen molar-refractivity contribution in [2.45, 2.75) is 23.8 Å². The highest BCUT2D eigenvalue weighted by Gasteiger charge is 2.33. The van der Waals surface area contributed by atoms with Gasteiger partial charge in [-0.15, -0.1) is 0 Å². The van der Waals surface area contributed by atoms with Gasteiger partial charge in [-0.3, -0.25) is 4.79 Å². The minimum Gasteiger partial charge on any atom is -0.349 e. The Labute approximate surface area is 151 Å². The molecule has 1 amide bonds. The van der Waals surface area contributed by atoms with Crippen LogP contribution in [0.25, 0.3) is 0 Å². The third-order valence-electron chi connectivity index (χ3n) is 4.53. The van der Waals surface area contributed by atoms with Crippen LogP contribution in [0.1, 0.15) is 12.8 Å². The number of hydrogen-bond donors (Lipinski definition) is 1. The summed E-state index contributed by atoms with van der Waals surface area (Å²) in [5.74, 6) is -1.29. The number of halogens is 1. The van der Waals surface area contributed by atoms with Crippen LogP contribution in [-0.4, -0.2) is 51.9 Å². The van der Waals surface area contributed by atoms with E-state index < -0.39 is 31.7 Å². The van der Waals surface area contributed by atoms with Gasteiger partial charge in [0.05, 0.1) is 16.7 Å². The van der Waals surface area contributed by atoms with Gasteiger partial charge in [0.1, 0.15) is 5.82 Å². The summed E-state index contributed by atoms with van der Waals surface area (Å²) >= 11 is 0. The molecule has 0 aliphatic carbocycles. The first-order valence-corrected chi connectivity index (χ1v) is 11.3. The number of rotatable bonds is 4. The van der Waals surface area contributed by atoms with Crippen LogP contribution >= 0.6 is 0 Å². The monoisotopic (exact) mass is 402 g/mol. The molecule has 1 aromatic carbocycles. The predicted molar refractivity (Wildman–Crippen MR) is 92.7 cm³/mol. The number of amides is 1. The normalized spacial score (nSPS) is 23.8. The van der Waals surface area contributed by atoms with Crippen molar-refractivity contribution < 1.29 is 26.0 Å². The molecule has 1 fully saturated rings. The van der Waals surface area contributed by atoms with Crippen LogP contribution in [0, 0.1) is 11.7 Å². The quantitative estimate of drug-likeness (QED) is 0.797. The number of carbonyl (C=O) groups excluding carboxylic acids is 1. The summed E-state index contributed by atoms with van der Waals surface area (Å²) < 4.78 is 62.1. The zero-order chi connectivity index (χ0) is 18.9. The Kier molecular flexibility index (Phi) is 5.18. The molecule has 26 heavy (non-hydrogen) atoms. The molecule has 1 saturated heterocycles. The second-order valence-electron chi connectivity index (χ2n) is 6.41. The van der Waals surface area contributed by atoms with Crippen molar-refractivity contribution in [2.75, 3.05) is 18.8 Å². The summed E-state index contributed by atoms with van der Waals surface area (Å²) in [6.07, 6.45) is 2.13. The zero-order valence-corrected chi connectivity index (χ0v) is 15.5. The molecular formula is C16H19FN2O5S2. The van der Waals surface area contributed by atoms with Gasteiger partial charge < -0.3 is 5.32 Å². The van der Waals surface area contributed by atoms with Crippen molar-refractivity contribution in [2.24, 2.45) is 5.92 Å². The third kappa shape index (κ3) is 4.13. The SMILES string of the molecule is O=C(N[C@@H]1C=CS(=O)(=O)C1)C1CCN(S(=O)(=O)c2ccc(F)cc2)CC1. The molecule has 3 rings (SSSR count). The Morgan fingerprint density at radius 2 is 1.77 bits per heavy atom. The van der Waals surface area contributed by atoms with E-state index >= 15 is 0 Å². The van der Waals surface area contributed by atoms with Crippen molar-refractivity contribution in [3.05, 3.63) is 41.6 Å². The van der Waals surface area contributed by atoms with Crippen LogP contribution in [0.15, 0.2) is 40.6 Å². The summed E-state index contributed by atoms with van der Waals surface area (Å²) in [6, 6.07) is 4.09. The highest BCUT2D eigenvalue weighted by atomic mass is 32.2. The third-order valence-corrected chi connectivity index (χ3v) is 7.84. The molecule has 10 heteroatoms. The van der Waals surface area contributed by atoms with Crippen LogP contribution in [0.3, 0.4) is 0 Å². The average molecular weight is 402 g/mol. The molecule has 0 unspecified atom stereocenters. The van der Waals surface area contributed by atoms with Gasteiger partial charge in [-0.25, -0.2) is 21.2 Å². The maximum absolute atomic E-state index is 13.0. The molecule has 2 aliphatic rings. The minimum absolute atomic E-state index is 0.0168. The summed E-state index contributed by atoms with van der Waals surface area (Å²) in [5, 5.41) is 3.77. The first-order valence-electron chi connectivity index (χ1n) is 8.14. The Hall–Kier alpha value is -1.78. The van der Waals surface area contributed by atoms with Gasteiger partial charge in [0.15, 0.2) is 9.84 Å². The van der Waals surface area contributed by atoms with E-state index in [0.29, 0.717) is 12.8 Å². The van der Waals surface area contributed by atoms with Gasteiger partial charge in [0, 0.05) is 24.4 Å². The Morgan fingerprint density at radius 3 is 2.31 bits per heavy atom. The van der Waals surface area contributed by atoms with Crippen LogP contribution in [0.5, 0.6) is 0 Å². The van der Waals surface area contributed by atoms with E-state index in [9.17, 15) is 26.0 Å². The first-order chi connectivity index (χ1) is 12.2. The maximum Gasteiger partial charge on any atom is 0.243 e. The number of piperidine rings is 1. The molecule has 0 saturated carbocycles. The second kappa shape index (κ2) is 7.09. The number of carbonyl (C=O) groups is 1. The number of nitrogens with one attached hydrogen (secondary N) is 1. The smallest absolute Gasteiger partial charge is 0.243 e. The Bertz CT molecular complexity index is 918. The summed E-state index contributed by atoms with van der Waals surface area (Å²) in [5.41, 5.74) is 0. The fourth-order valence-corrected chi connectivity index (χ4v) is 5.79. The molecule has 1 N–H and O–H groups in total. The van der Waals surface area contributed by atoms with E-state index in [-0.39, 0.29) is 35.6 Å². The van der Waals surface area contributed by atoms with E-state index in [0.717, 1.165) is 17.5 Å². The van der Waals surface area contributed by atoms with Crippen molar-refractivity contribution in [1.29, 1.82) is 0 Å². The van der Waals surface area contributed by atoms with Gasteiger partial charge in [-0.2, -0.15) is 4.31 Å². The fourth-order valence-electron chi connectivity index (χ4n) is 3.08. The number of sulfone groups is 1. The van der Waals surface area contributed by atoms with Crippen molar-refractivity contribution >= 4 is 25.8 Å². The predicted octanol–water partition coefficient (Wildman–Crippen LogP) is 0.653. The zero-order valence-electron chi connectivity index (χ0n) is 13.8. The number of benzene rings is 1. The van der Waals surface area contributed by atoms with Crippen LogP contribution in [0.4, 0.5) is 4.39 Å². The highest BCUT2D eigenvalue weighted by Crippen LogP contribution is 2.24.